The van der Waals surface area contributed by atoms with Crippen LogP contribution in [0.1, 0.15) is 58.1 Å². The number of epoxide rings is 1. The molecule has 6 nitrogen and oxygen atoms in total. The van der Waals surface area contributed by atoms with Crippen molar-refractivity contribution in [2.75, 3.05) is 19.8 Å². The molecule has 0 aromatic heterocycles. The van der Waals surface area contributed by atoms with Gasteiger partial charge in [-0.3, -0.25) is 0 Å². The van der Waals surface area contributed by atoms with Crippen LogP contribution < -0.4 is 5.32 Å². The van der Waals surface area contributed by atoms with Gasteiger partial charge in [0.2, 0.25) is 0 Å². The highest BCUT2D eigenvalue weighted by molar-refractivity contribution is 6.74. The summed E-state index contributed by atoms with van der Waals surface area (Å²) in [5.74, 6) is 0.258. The van der Waals surface area contributed by atoms with E-state index in [2.05, 4.69) is 77.3 Å². The molecular formula is C30H43NO5Si. The number of benzene rings is 2. The van der Waals surface area contributed by atoms with E-state index in [-0.39, 0.29) is 23.5 Å². The van der Waals surface area contributed by atoms with E-state index < -0.39 is 32.2 Å². The van der Waals surface area contributed by atoms with E-state index >= 15 is 0 Å². The molecule has 1 amide bonds. The lowest BCUT2D eigenvalue weighted by atomic mass is 9.91. The number of carbonyl (C=O) groups is 1. The van der Waals surface area contributed by atoms with E-state index in [1.54, 1.807) is 0 Å². The van der Waals surface area contributed by atoms with Crippen molar-refractivity contribution in [3.05, 3.63) is 59.7 Å². The molecule has 37 heavy (non-hydrogen) atoms. The van der Waals surface area contributed by atoms with Gasteiger partial charge in [-0.2, -0.15) is 0 Å². The summed E-state index contributed by atoms with van der Waals surface area (Å²) in [6.45, 7) is 16.1. The van der Waals surface area contributed by atoms with Crippen molar-refractivity contribution in [3.63, 3.8) is 0 Å². The minimum atomic E-state index is -2.01. The summed E-state index contributed by atoms with van der Waals surface area (Å²) in [4.78, 5) is 13.0. The van der Waals surface area contributed by atoms with E-state index in [1.807, 2.05) is 24.3 Å². The smallest absolute Gasteiger partial charge is 0.407 e. The predicted octanol–water partition coefficient (Wildman–Crippen LogP) is 6.09. The van der Waals surface area contributed by atoms with Gasteiger partial charge >= 0.3 is 6.09 Å². The lowest BCUT2D eigenvalue weighted by molar-refractivity contribution is 0.00944. The van der Waals surface area contributed by atoms with Gasteiger partial charge in [-0.15, -0.1) is 0 Å². The average molecular weight is 526 g/mol. The molecule has 1 heterocycles. The number of hydrogen-bond donors (Lipinski definition) is 2. The Labute approximate surface area is 222 Å². The number of amides is 1. The van der Waals surface area contributed by atoms with E-state index in [0.717, 1.165) is 0 Å². The number of alkyl carbamates (subject to hydrolysis) is 1. The van der Waals surface area contributed by atoms with Gasteiger partial charge in [0.15, 0.2) is 8.32 Å². The molecule has 3 atom stereocenters. The van der Waals surface area contributed by atoms with Crippen LogP contribution in [0.15, 0.2) is 48.5 Å². The number of carbonyl (C=O) groups excluding carboxylic acids is 1. The number of rotatable bonds is 10. The minimum absolute atomic E-state index is 0.0114. The Morgan fingerprint density at radius 3 is 2.14 bits per heavy atom. The van der Waals surface area contributed by atoms with Crippen molar-refractivity contribution >= 4 is 14.4 Å². The zero-order chi connectivity index (χ0) is 27.0. The van der Waals surface area contributed by atoms with E-state index in [4.69, 9.17) is 13.9 Å². The summed E-state index contributed by atoms with van der Waals surface area (Å²) in [6.07, 6.45) is -0.802. The Hall–Kier alpha value is -2.19. The second kappa shape index (κ2) is 10.5. The van der Waals surface area contributed by atoms with Crippen molar-refractivity contribution in [1.29, 1.82) is 0 Å². The molecule has 2 aliphatic rings. The monoisotopic (exact) mass is 525 g/mol. The highest BCUT2D eigenvalue weighted by Gasteiger charge is 2.56. The number of fused-ring (bicyclic) bond motifs is 3. The largest absolute Gasteiger partial charge is 0.449 e. The maximum atomic E-state index is 13.0. The molecule has 1 aliphatic heterocycles. The first-order chi connectivity index (χ1) is 17.3. The molecule has 0 unspecified atom stereocenters. The van der Waals surface area contributed by atoms with Gasteiger partial charge in [0, 0.05) is 5.92 Å². The van der Waals surface area contributed by atoms with E-state index in [0.29, 0.717) is 19.6 Å². The van der Waals surface area contributed by atoms with Crippen LogP contribution in [0.5, 0.6) is 0 Å². The minimum Gasteiger partial charge on any atom is -0.449 e. The number of hydrogen-bond acceptors (Lipinski definition) is 5. The molecule has 0 radical (unpaired) electrons. The van der Waals surface area contributed by atoms with E-state index in [1.165, 1.54) is 22.3 Å². The van der Waals surface area contributed by atoms with Crippen LogP contribution in [0.4, 0.5) is 4.79 Å². The first-order valence-electron chi connectivity index (χ1n) is 13.4. The number of ether oxygens (including phenoxy) is 2. The predicted molar refractivity (Wildman–Crippen MR) is 149 cm³/mol. The molecular weight excluding hydrogens is 482 g/mol. The molecule has 202 valence electrons. The molecule has 7 heteroatoms. The Morgan fingerprint density at radius 2 is 1.65 bits per heavy atom. The maximum absolute atomic E-state index is 13.0. The zero-order valence-corrected chi connectivity index (χ0v) is 24.3. The molecule has 0 spiro atoms. The summed E-state index contributed by atoms with van der Waals surface area (Å²) in [6, 6.07) is 16.0. The quantitative estimate of drug-likeness (QED) is 0.290. The van der Waals surface area contributed by atoms with Gasteiger partial charge in [-0.05, 0) is 52.7 Å². The van der Waals surface area contributed by atoms with Crippen LogP contribution in [0.2, 0.25) is 18.1 Å². The van der Waals surface area contributed by atoms with E-state index in [9.17, 15) is 9.90 Å². The number of aliphatic hydroxyl groups excluding tert-OH is 1. The Bertz CT molecular complexity index is 1060. The third kappa shape index (κ3) is 5.95. The lowest BCUT2D eigenvalue weighted by Crippen LogP contribution is -2.54. The molecule has 0 bridgehead atoms. The third-order valence-electron chi connectivity index (χ3n) is 8.29. The van der Waals surface area contributed by atoms with Crippen LogP contribution in [0.3, 0.4) is 0 Å². The van der Waals surface area contributed by atoms with Crippen LogP contribution in [-0.4, -0.2) is 57.1 Å². The summed E-state index contributed by atoms with van der Waals surface area (Å²) < 4.78 is 17.9. The summed E-state index contributed by atoms with van der Waals surface area (Å²) in [5.41, 5.74) is 3.93. The Balaban J connectivity index is 1.41. The fourth-order valence-corrected chi connectivity index (χ4v) is 5.92. The van der Waals surface area contributed by atoms with Crippen LogP contribution in [0, 0.1) is 5.92 Å². The van der Waals surface area contributed by atoms with Gasteiger partial charge in [-0.25, -0.2) is 4.79 Å². The molecule has 0 saturated carbocycles. The molecule has 1 saturated heterocycles. The van der Waals surface area contributed by atoms with Crippen molar-refractivity contribution in [3.8, 4) is 11.1 Å². The van der Waals surface area contributed by atoms with Gasteiger partial charge in [0.05, 0.1) is 19.3 Å². The first-order valence-corrected chi connectivity index (χ1v) is 16.3. The molecule has 2 aromatic carbocycles. The number of nitrogens with one attached hydrogen (secondary N) is 1. The molecule has 2 aromatic rings. The zero-order valence-electron chi connectivity index (χ0n) is 23.3. The molecule has 1 aliphatic carbocycles. The Kier molecular flexibility index (Phi) is 7.91. The van der Waals surface area contributed by atoms with Gasteiger partial charge in [0.25, 0.3) is 0 Å². The average Bonchev–Trinajstić information content (AvgIpc) is 3.56. The SMILES string of the molecule is CC(C)C[C@H](NC(=O)OCC1c2ccccc2-c2ccccc21)[C@@H](O)[C@@]1(CO[Si](C)(C)C(C)(C)C)CO1. The maximum Gasteiger partial charge on any atom is 0.407 e. The first kappa shape index (κ1) is 27.8. The van der Waals surface area contributed by atoms with Gasteiger partial charge < -0.3 is 24.3 Å². The van der Waals surface area contributed by atoms with Crippen LogP contribution in [-0.2, 0) is 13.9 Å². The van der Waals surface area contributed by atoms with Crippen LogP contribution in [0.25, 0.3) is 11.1 Å². The second-order valence-electron chi connectivity index (χ2n) is 12.6. The van der Waals surface area contributed by atoms with Crippen molar-refractivity contribution in [1.82, 2.24) is 5.32 Å². The fourth-order valence-electron chi connectivity index (χ4n) is 4.88. The van der Waals surface area contributed by atoms with Crippen molar-refractivity contribution in [2.24, 2.45) is 5.92 Å². The summed E-state index contributed by atoms with van der Waals surface area (Å²) >= 11 is 0. The molecule has 1 fully saturated rings. The van der Waals surface area contributed by atoms with Gasteiger partial charge in [-0.1, -0.05) is 83.1 Å². The van der Waals surface area contributed by atoms with Crippen LogP contribution >= 0.6 is 0 Å². The standard InChI is InChI=1S/C30H43NO5Si/c1-20(2)16-26(27(32)30(18-35-30)19-36-37(6,7)29(3,4)5)31-28(33)34-17-25-23-14-10-8-12-21(23)22-13-9-11-15-24(22)25/h8-15,20,25-27,32H,16-19H2,1-7H3,(H,31,33)/t26-,27+,30-/m0/s1. The molecule has 2 N–H and O–H groups in total. The summed E-state index contributed by atoms with van der Waals surface area (Å²) in [5, 5.41) is 14.4. The third-order valence-corrected chi connectivity index (χ3v) is 12.8. The topological polar surface area (TPSA) is 80.3 Å². The molecule has 4 rings (SSSR count). The van der Waals surface area contributed by atoms with Crippen molar-refractivity contribution in [2.45, 2.75) is 82.8 Å². The summed E-state index contributed by atoms with van der Waals surface area (Å²) in [7, 11) is -2.01. The Morgan fingerprint density at radius 1 is 1.11 bits per heavy atom. The lowest BCUT2D eigenvalue weighted by Gasteiger charge is -2.38. The number of aliphatic hydroxyl groups is 1. The van der Waals surface area contributed by atoms with Gasteiger partial charge in [0.1, 0.15) is 18.3 Å². The highest BCUT2D eigenvalue weighted by atomic mass is 28.4. The van der Waals surface area contributed by atoms with Crippen molar-refractivity contribution < 1.29 is 23.8 Å². The highest BCUT2D eigenvalue weighted by Crippen LogP contribution is 2.45. The normalized spacial score (nSPS) is 20.8. The second-order valence-corrected chi connectivity index (χ2v) is 17.4. The fraction of sp³-hybridized carbons (Fsp3) is 0.567.